The van der Waals surface area contributed by atoms with Crippen molar-refractivity contribution >= 4 is 5.91 Å². The molecule has 0 fully saturated rings. The second-order valence-corrected chi connectivity index (χ2v) is 5.96. The number of hydrogen-bond acceptors (Lipinski definition) is 3. The second-order valence-electron chi connectivity index (χ2n) is 5.96. The number of amides is 1. The highest BCUT2D eigenvalue weighted by atomic mass is 19.1. The lowest BCUT2D eigenvalue weighted by Crippen LogP contribution is -2.33. The molecule has 3 rings (SSSR count). The fourth-order valence-electron chi connectivity index (χ4n) is 2.57. The van der Waals surface area contributed by atoms with Crippen LogP contribution in [0.3, 0.4) is 0 Å². The zero-order chi connectivity index (χ0) is 18.5. The van der Waals surface area contributed by atoms with Crippen molar-refractivity contribution in [3.05, 3.63) is 88.7 Å². The van der Waals surface area contributed by atoms with E-state index in [1.807, 2.05) is 30.3 Å². The molecule has 1 aromatic heterocycles. The van der Waals surface area contributed by atoms with Gasteiger partial charge in [0.1, 0.15) is 12.4 Å². The summed E-state index contributed by atoms with van der Waals surface area (Å²) in [5, 5.41) is 0. The number of aromatic nitrogens is 2. The third-order valence-electron chi connectivity index (χ3n) is 4.02. The summed E-state index contributed by atoms with van der Waals surface area (Å²) in [5.41, 5.74) is 1.10. The van der Waals surface area contributed by atoms with E-state index in [2.05, 4.69) is 4.98 Å². The molecule has 132 valence electrons. The van der Waals surface area contributed by atoms with Gasteiger partial charge in [0.15, 0.2) is 0 Å². The van der Waals surface area contributed by atoms with E-state index in [0.29, 0.717) is 6.54 Å². The molecule has 5 nitrogen and oxygen atoms in total. The first-order valence-corrected chi connectivity index (χ1v) is 8.14. The van der Waals surface area contributed by atoms with Crippen molar-refractivity contribution in [2.24, 2.45) is 0 Å². The van der Waals surface area contributed by atoms with Gasteiger partial charge in [-0.1, -0.05) is 42.5 Å². The zero-order valence-corrected chi connectivity index (χ0v) is 14.3. The van der Waals surface area contributed by atoms with Gasteiger partial charge in [-0.3, -0.25) is 14.2 Å². The first-order valence-electron chi connectivity index (χ1n) is 8.14. The number of carbonyl (C=O) groups is 1. The van der Waals surface area contributed by atoms with Crippen molar-refractivity contribution in [1.82, 2.24) is 14.5 Å². The summed E-state index contributed by atoms with van der Waals surface area (Å²) in [6.07, 6.45) is 1.28. The van der Waals surface area contributed by atoms with Crippen LogP contribution >= 0.6 is 0 Å². The van der Waals surface area contributed by atoms with Crippen LogP contribution < -0.4 is 5.56 Å². The minimum atomic E-state index is -0.448. The fourth-order valence-corrected chi connectivity index (χ4v) is 2.57. The van der Waals surface area contributed by atoms with Gasteiger partial charge in [0.25, 0.3) is 5.56 Å². The first-order chi connectivity index (χ1) is 12.5. The Morgan fingerprint density at radius 3 is 2.50 bits per heavy atom. The van der Waals surface area contributed by atoms with Crippen molar-refractivity contribution in [2.75, 3.05) is 7.05 Å². The number of rotatable bonds is 5. The molecule has 26 heavy (non-hydrogen) atoms. The summed E-state index contributed by atoms with van der Waals surface area (Å²) in [6.45, 7) is 0.335. The lowest BCUT2D eigenvalue weighted by Gasteiger charge is -2.18. The van der Waals surface area contributed by atoms with Crippen LogP contribution in [0.15, 0.2) is 71.8 Å². The highest BCUT2D eigenvalue weighted by Crippen LogP contribution is 2.18. The van der Waals surface area contributed by atoms with Crippen molar-refractivity contribution in [3.8, 4) is 11.3 Å². The third-order valence-corrected chi connectivity index (χ3v) is 4.02. The molecule has 0 spiro atoms. The van der Waals surface area contributed by atoms with Crippen LogP contribution in [0.4, 0.5) is 4.39 Å². The molecule has 3 aromatic rings. The van der Waals surface area contributed by atoms with Gasteiger partial charge in [0.05, 0.1) is 12.0 Å². The molecule has 0 aliphatic rings. The number of carbonyl (C=O) groups excluding carboxylic acids is 1. The molecular formula is C20H18FN3O2. The van der Waals surface area contributed by atoms with Crippen LogP contribution in [0.1, 0.15) is 5.56 Å². The molecule has 0 saturated heterocycles. The van der Waals surface area contributed by atoms with Gasteiger partial charge in [0.2, 0.25) is 5.91 Å². The van der Waals surface area contributed by atoms with E-state index in [-0.39, 0.29) is 23.7 Å². The molecule has 0 saturated carbocycles. The van der Waals surface area contributed by atoms with Gasteiger partial charge in [0, 0.05) is 25.2 Å². The summed E-state index contributed by atoms with van der Waals surface area (Å²) >= 11 is 0. The molecule has 0 radical (unpaired) electrons. The van der Waals surface area contributed by atoms with Gasteiger partial charge >= 0.3 is 0 Å². The summed E-state index contributed by atoms with van der Waals surface area (Å²) in [4.78, 5) is 30.3. The van der Waals surface area contributed by atoms with E-state index in [1.165, 1.54) is 23.0 Å². The average Bonchev–Trinajstić information content (AvgIpc) is 2.64. The molecule has 2 aromatic carbocycles. The summed E-state index contributed by atoms with van der Waals surface area (Å²) < 4.78 is 15.0. The summed E-state index contributed by atoms with van der Waals surface area (Å²) in [5.74, 6) is -0.660. The number of benzene rings is 2. The van der Waals surface area contributed by atoms with Crippen LogP contribution in [0.5, 0.6) is 0 Å². The van der Waals surface area contributed by atoms with Crippen LogP contribution in [0.2, 0.25) is 0 Å². The smallest absolute Gasteiger partial charge is 0.254 e. The normalized spacial score (nSPS) is 10.5. The topological polar surface area (TPSA) is 55.2 Å². The van der Waals surface area contributed by atoms with Crippen LogP contribution in [-0.4, -0.2) is 27.4 Å². The largest absolute Gasteiger partial charge is 0.340 e. The van der Waals surface area contributed by atoms with Gasteiger partial charge in [-0.15, -0.1) is 0 Å². The van der Waals surface area contributed by atoms with Crippen LogP contribution in [0.25, 0.3) is 11.3 Å². The maximum Gasteiger partial charge on any atom is 0.254 e. The molecule has 0 atom stereocenters. The van der Waals surface area contributed by atoms with E-state index < -0.39 is 11.4 Å². The second kappa shape index (κ2) is 7.74. The molecular weight excluding hydrogens is 333 g/mol. The third kappa shape index (κ3) is 4.03. The Balaban J connectivity index is 1.73. The summed E-state index contributed by atoms with van der Waals surface area (Å²) in [6, 6.07) is 16.9. The number of hydrogen-bond donors (Lipinski definition) is 0. The Hall–Kier alpha value is -3.28. The van der Waals surface area contributed by atoms with Crippen molar-refractivity contribution < 1.29 is 9.18 Å². The van der Waals surface area contributed by atoms with Gasteiger partial charge in [-0.05, 0) is 17.7 Å². The Bertz CT molecular complexity index is 970. The lowest BCUT2D eigenvalue weighted by atomic mass is 10.1. The predicted molar refractivity (Wildman–Crippen MR) is 96.8 cm³/mol. The SMILES string of the molecule is CN(Cc1ccccc1)C(=O)Cn1cnc(-c2ccccc2F)cc1=O. The quantitative estimate of drug-likeness (QED) is 0.710. The average molecular weight is 351 g/mol. The molecule has 1 amide bonds. The van der Waals surface area contributed by atoms with E-state index in [0.717, 1.165) is 5.56 Å². The minimum Gasteiger partial charge on any atom is -0.340 e. The van der Waals surface area contributed by atoms with Crippen LogP contribution in [-0.2, 0) is 17.9 Å². The highest BCUT2D eigenvalue weighted by Gasteiger charge is 2.13. The Morgan fingerprint density at radius 2 is 1.81 bits per heavy atom. The number of nitrogens with zero attached hydrogens (tertiary/aromatic N) is 3. The predicted octanol–water partition coefficient (Wildman–Crippen LogP) is 2.71. The molecule has 0 unspecified atom stereocenters. The van der Waals surface area contributed by atoms with E-state index in [1.54, 1.807) is 30.1 Å². The molecule has 0 aliphatic carbocycles. The fraction of sp³-hybridized carbons (Fsp3) is 0.150. The Labute approximate surface area is 150 Å². The van der Waals surface area contributed by atoms with Gasteiger partial charge in [-0.25, -0.2) is 9.37 Å². The first kappa shape index (κ1) is 17.5. The van der Waals surface area contributed by atoms with E-state index >= 15 is 0 Å². The molecule has 0 aliphatic heterocycles. The molecule has 1 heterocycles. The van der Waals surface area contributed by atoms with Crippen molar-refractivity contribution in [3.63, 3.8) is 0 Å². The zero-order valence-electron chi connectivity index (χ0n) is 14.3. The highest BCUT2D eigenvalue weighted by molar-refractivity contribution is 5.75. The standard InChI is InChI=1S/C20H18FN3O2/c1-23(12-15-7-3-2-4-8-15)20(26)13-24-14-22-18(11-19(24)25)16-9-5-6-10-17(16)21/h2-11,14H,12-13H2,1H3. The Morgan fingerprint density at radius 1 is 1.12 bits per heavy atom. The summed E-state index contributed by atoms with van der Waals surface area (Å²) in [7, 11) is 1.68. The van der Waals surface area contributed by atoms with Gasteiger partial charge in [-0.2, -0.15) is 0 Å². The Kier molecular flexibility index (Phi) is 5.22. The van der Waals surface area contributed by atoms with Crippen molar-refractivity contribution in [2.45, 2.75) is 13.1 Å². The van der Waals surface area contributed by atoms with Crippen LogP contribution in [0, 0.1) is 5.82 Å². The maximum absolute atomic E-state index is 13.8. The molecule has 0 N–H and O–H groups in total. The lowest BCUT2D eigenvalue weighted by molar-refractivity contribution is -0.131. The van der Waals surface area contributed by atoms with E-state index in [4.69, 9.17) is 0 Å². The molecule has 6 heteroatoms. The van der Waals surface area contributed by atoms with Crippen molar-refractivity contribution in [1.29, 1.82) is 0 Å². The minimum absolute atomic E-state index is 0.118. The molecule has 0 bridgehead atoms. The van der Waals surface area contributed by atoms with Gasteiger partial charge < -0.3 is 4.90 Å². The monoisotopic (exact) mass is 351 g/mol. The maximum atomic E-state index is 13.8. The number of likely N-dealkylation sites (N-methyl/N-ethyl adjacent to an activating group) is 1. The van der Waals surface area contributed by atoms with E-state index in [9.17, 15) is 14.0 Å². The number of halogens is 1.